The molecular weight excluding hydrogens is 574 g/mol. The Morgan fingerprint density at radius 2 is 0.915 bits per heavy atom. The van der Waals surface area contributed by atoms with Crippen molar-refractivity contribution in [1.29, 1.82) is 0 Å². The first-order valence-electron chi connectivity index (χ1n) is 15.7. The molecule has 2 aromatic heterocycles. The van der Waals surface area contributed by atoms with Crippen LogP contribution in [-0.2, 0) is 0 Å². The maximum absolute atomic E-state index is 6.39. The number of hydrogen-bond donors (Lipinski definition) is 0. The fourth-order valence-corrected chi connectivity index (χ4v) is 6.33. The minimum Gasteiger partial charge on any atom is -0.455 e. The first-order chi connectivity index (χ1) is 23.3. The van der Waals surface area contributed by atoms with Crippen LogP contribution in [-0.4, -0.2) is 15.0 Å². The van der Waals surface area contributed by atoms with Crippen LogP contribution in [0, 0.1) is 0 Å². The molecule has 0 bridgehead atoms. The second kappa shape index (κ2) is 11.2. The highest BCUT2D eigenvalue weighted by molar-refractivity contribution is 6.09. The minimum atomic E-state index is 0.572. The van der Waals surface area contributed by atoms with E-state index in [-0.39, 0.29) is 0 Å². The van der Waals surface area contributed by atoms with E-state index in [0.717, 1.165) is 55.1 Å². The normalized spacial score (nSPS) is 11.4. The van der Waals surface area contributed by atoms with Crippen LogP contribution in [0.5, 0.6) is 0 Å². The predicted molar refractivity (Wildman–Crippen MR) is 192 cm³/mol. The maximum atomic E-state index is 6.39. The van der Waals surface area contributed by atoms with E-state index in [2.05, 4.69) is 127 Å². The van der Waals surface area contributed by atoms with Crippen molar-refractivity contribution in [1.82, 2.24) is 15.0 Å². The van der Waals surface area contributed by atoms with E-state index < -0.39 is 0 Å². The molecule has 4 heteroatoms. The minimum absolute atomic E-state index is 0.572. The maximum Gasteiger partial charge on any atom is 0.167 e. The zero-order valence-corrected chi connectivity index (χ0v) is 25.3. The van der Waals surface area contributed by atoms with Crippen LogP contribution in [0.2, 0.25) is 0 Å². The second-order valence-corrected chi connectivity index (χ2v) is 11.7. The molecule has 0 saturated heterocycles. The number of hydrogen-bond acceptors (Lipinski definition) is 4. The number of rotatable bonds is 5. The molecule has 4 nitrogen and oxygen atoms in total. The van der Waals surface area contributed by atoms with Gasteiger partial charge in [0.15, 0.2) is 17.5 Å². The molecule has 9 aromatic rings. The Bertz CT molecular complexity index is 2570. The summed E-state index contributed by atoms with van der Waals surface area (Å²) < 4.78 is 6.39. The molecule has 9 rings (SSSR count). The Balaban J connectivity index is 1.18. The first-order valence-corrected chi connectivity index (χ1v) is 15.7. The van der Waals surface area contributed by atoms with Gasteiger partial charge in [0.25, 0.3) is 0 Å². The van der Waals surface area contributed by atoms with Gasteiger partial charge in [0.1, 0.15) is 11.2 Å². The summed E-state index contributed by atoms with van der Waals surface area (Å²) in [6, 6.07) is 56.5. The van der Waals surface area contributed by atoms with E-state index in [4.69, 9.17) is 19.4 Å². The number of para-hydroxylation sites is 2. The lowest BCUT2D eigenvalue weighted by Gasteiger charge is -2.10. The smallest absolute Gasteiger partial charge is 0.167 e. The number of aromatic nitrogens is 3. The van der Waals surface area contributed by atoms with E-state index >= 15 is 0 Å². The van der Waals surface area contributed by atoms with Crippen LogP contribution in [0.4, 0.5) is 0 Å². The van der Waals surface area contributed by atoms with Gasteiger partial charge in [-0.3, -0.25) is 0 Å². The van der Waals surface area contributed by atoms with Crippen LogP contribution in [0.3, 0.4) is 0 Å². The van der Waals surface area contributed by atoms with Crippen LogP contribution in [0.15, 0.2) is 168 Å². The number of fused-ring (bicyclic) bond motifs is 4. The number of benzene rings is 7. The van der Waals surface area contributed by atoms with E-state index in [9.17, 15) is 0 Å². The summed E-state index contributed by atoms with van der Waals surface area (Å²) in [5.74, 6) is 1.79. The van der Waals surface area contributed by atoms with E-state index in [1.54, 1.807) is 0 Å². The third-order valence-electron chi connectivity index (χ3n) is 8.73. The topological polar surface area (TPSA) is 51.8 Å². The van der Waals surface area contributed by atoms with Gasteiger partial charge in [0.05, 0.1) is 5.56 Å². The molecule has 0 fully saturated rings. The lowest BCUT2D eigenvalue weighted by molar-refractivity contribution is 0.669. The third kappa shape index (κ3) is 4.93. The quantitative estimate of drug-likeness (QED) is 0.197. The molecule has 7 aromatic carbocycles. The van der Waals surface area contributed by atoms with Crippen LogP contribution >= 0.6 is 0 Å². The average Bonchev–Trinajstić information content (AvgIpc) is 3.54. The summed E-state index contributed by atoms with van der Waals surface area (Å²) in [5, 5.41) is 4.41. The van der Waals surface area contributed by atoms with Gasteiger partial charge >= 0.3 is 0 Å². The van der Waals surface area contributed by atoms with Crippen molar-refractivity contribution in [2.45, 2.75) is 0 Å². The Morgan fingerprint density at radius 3 is 1.74 bits per heavy atom. The average molecular weight is 602 g/mol. The molecule has 0 unspecified atom stereocenters. The zero-order valence-electron chi connectivity index (χ0n) is 25.3. The second-order valence-electron chi connectivity index (χ2n) is 11.7. The molecule has 0 radical (unpaired) electrons. The van der Waals surface area contributed by atoms with Gasteiger partial charge in [0, 0.05) is 21.9 Å². The van der Waals surface area contributed by atoms with Gasteiger partial charge in [-0.25, -0.2) is 15.0 Å². The SMILES string of the molecule is c1ccc(-c2cccc(-c3ccc(-c4nc(-c5ccc6ccccc6c5)nc(-c5cccc6c5oc5ccccc56)n4)cc3)c2)cc1. The van der Waals surface area contributed by atoms with Crippen molar-refractivity contribution in [3.8, 4) is 56.4 Å². The van der Waals surface area contributed by atoms with Crippen molar-refractivity contribution in [3.05, 3.63) is 164 Å². The third-order valence-corrected chi connectivity index (χ3v) is 8.73. The molecule has 2 heterocycles. The van der Waals surface area contributed by atoms with E-state index in [1.807, 2.05) is 36.4 Å². The zero-order chi connectivity index (χ0) is 31.2. The van der Waals surface area contributed by atoms with Gasteiger partial charge in [0.2, 0.25) is 0 Å². The lowest BCUT2D eigenvalue weighted by atomic mass is 9.98. The molecule has 0 spiro atoms. The van der Waals surface area contributed by atoms with Crippen molar-refractivity contribution in [2.24, 2.45) is 0 Å². The van der Waals surface area contributed by atoms with Crippen molar-refractivity contribution >= 4 is 32.7 Å². The first kappa shape index (κ1) is 27.0. The summed E-state index contributed by atoms with van der Waals surface area (Å²) in [5.41, 5.74) is 8.95. The fourth-order valence-electron chi connectivity index (χ4n) is 6.33. The van der Waals surface area contributed by atoms with Crippen molar-refractivity contribution < 1.29 is 4.42 Å². The van der Waals surface area contributed by atoms with Gasteiger partial charge < -0.3 is 4.42 Å². The highest BCUT2D eigenvalue weighted by Gasteiger charge is 2.18. The fraction of sp³-hybridized carbons (Fsp3) is 0. The monoisotopic (exact) mass is 601 g/mol. The molecule has 0 aliphatic carbocycles. The van der Waals surface area contributed by atoms with Crippen LogP contribution in [0.25, 0.3) is 89.1 Å². The van der Waals surface area contributed by atoms with Crippen LogP contribution < -0.4 is 0 Å². The Hall–Kier alpha value is -6.39. The highest BCUT2D eigenvalue weighted by Crippen LogP contribution is 2.36. The van der Waals surface area contributed by atoms with E-state index in [0.29, 0.717) is 17.5 Å². The Morgan fingerprint density at radius 1 is 0.340 bits per heavy atom. The standard InChI is InChI=1S/C43H27N3O/c1-2-10-28(11-3-1)33-14-8-15-34(26-33)30-20-23-31(24-21-30)41-44-42(35-25-22-29-12-4-5-13-32(29)27-35)46-43(45-41)38-18-9-17-37-36-16-6-7-19-39(36)47-40(37)38/h1-27H. The summed E-state index contributed by atoms with van der Waals surface area (Å²) in [7, 11) is 0. The molecule has 0 aliphatic heterocycles. The highest BCUT2D eigenvalue weighted by atomic mass is 16.3. The molecule has 0 atom stereocenters. The summed E-state index contributed by atoms with van der Waals surface area (Å²) in [6.07, 6.45) is 0. The number of nitrogens with zero attached hydrogens (tertiary/aromatic N) is 3. The van der Waals surface area contributed by atoms with Gasteiger partial charge in [-0.15, -0.1) is 0 Å². The summed E-state index contributed by atoms with van der Waals surface area (Å²) in [4.78, 5) is 15.1. The summed E-state index contributed by atoms with van der Waals surface area (Å²) in [6.45, 7) is 0. The molecule has 220 valence electrons. The molecule has 0 saturated carbocycles. The Kier molecular flexibility index (Phi) is 6.43. The van der Waals surface area contributed by atoms with Gasteiger partial charge in [-0.2, -0.15) is 0 Å². The van der Waals surface area contributed by atoms with Gasteiger partial charge in [-0.05, 0) is 57.3 Å². The summed E-state index contributed by atoms with van der Waals surface area (Å²) >= 11 is 0. The van der Waals surface area contributed by atoms with E-state index in [1.165, 1.54) is 16.5 Å². The lowest BCUT2D eigenvalue weighted by Crippen LogP contribution is -2.00. The number of furan rings is 1. The Labute approximate surface area is 271 Å². The van der Waals surface area contributed by atoms with Crippen molar-refractivity contribution in [2.75, 3.05) is 0 Å². The molecular formula is C43H27N3O. The van der Waals surface area contributed by atoms with Crippen molar-refractivity contribution in [3.63, 3.8) is 0 Å². The van der Waals surface area contributed by atoms with Crippen LogP contribution in [0.1, 0.15) is 0 Å². The van der Waals surface area contributed by atoms with Gasteiger partial charge in [-0.1, -0.05) is 140 Å². The molecule has 0 N–H and O–H groups in total. The molecule has 0 amide bonds. The molecule has 47 heavy (non-hydrogen) atoms. The molecule has 0 aliphatic rings. The predicted octanol–water partition coefficient (Wildman–Crippen LogP) is 11.3. The largest absolute Gasteiger partial charge is 0.455 e.